The van der Waals surface area contributed by atoms with Crippen LogP contribution < -0.4 is 20.1 Å². The summed E-state index contributed by atoms with van der Waals surface area (Å²) in [5.41, 5.74) is 0.614. The van der Waals surface area contributed by atoms with Crippen molar-refractivity contribution in [2.24, 2.45) is 11.3 Å². The summed E-state index contributed by atoms with van der Waals surface area (Å²) in [6.07, 6.45) is 3.48. The second-order valence-corrected chi connectivity index (χ2v) is 10.0. The lowest BCUT2D eigenvalue weighted by Crippen LogP contribution is -2.67. The van der Waals surface area contributed by atoms with Crippen LogP contribution in [0.25, 0.3) is 0 Å². The second-order valence-electron chi connectivity index (χ2n) is 9.77. The number of aliphatic hydroxyl groups is 2. The number of fused-ring (bicyclic) bond motifs is 4. The van der Waals surface area contributed by atoms with Crippen molar-refractivity contribution in [3.8, 4) is 17.2 Å². The van der Waals surface area contributed by atoms with Crippen molar-refractivity contribution in [1.29, 1.82) is 0 Å². The van der Waals surface area contributed by atoms with Crippen LogP contribution in [0.4, 0.5) is 0 Å². The molecule has 1 aromatic rings. The van der Waals surface area contributed by atoms with Crippen molar-refractivity contribution < 1.29 is 34.4 Å². The van der Waals surface area contributed by atoms with Gasteiger partial charge in [-0.15, -0.1) is 11.6 Å². The van der Waals surface area contributed by atoms with Crippen molar-refractivity contribution in [3.05, 3.63) is 41.0 Å². The number of nitrogens with one attached hydrogen (secondary N) is 2. The third kappa shape index (κ3) is 3.45. The van der Waals surface area contributed by atoms with E-state index in [0.717, 1.165) is 0 Å². The Kier molecular flexibility index (Phi) is 5.54. The number of hydrogen-bond donors (Lipinski definition) is 5. The lowest BCUT2D eigenvalue weighted by atomic mass is 9.66. The van der Waals surface area contributed by atoms with Gasteiger partial charge in [-0.2, -0.15) is 0 Å². The highest BCUT2D eigenvalue weighted by molar-refractivity contribution is 6.18. The van der Waals surface area contributed by atoms with Crippen molar-refractivity contribution in [3.63, 3.8) is 0 Å². The first kappa shape index (κ1) is 23.0. The fourth-order valence-electron chi connectivity index (χ4n) is 5.32. The number of allylic oxidation sites excluding steroid dienone is 2. The van der Waals surface area contributed by atoms with E-state index in [-0.39, 0.29) is 35.0 Å². The lowest BCUT2D eigenvalue weighted by molar-refractivity contribution is -0.123. The topological polar surface area (TPSA) is 137 Å². The number of aromatic hydroxyl groups is 1. The van der Waals surface area contributed by atoms with Crippen molar-refractivity contribution in [1.82, 2.24) is 10.6 Å². The van der Waals surface area contributed by atoms with Crippen LogP contribution in [0, 0.1) is 11.3 Å². The summed E-state index contributed by atoms with van der Waals surface area (Å²) in [5, 5.41) is 38.2. The standard InChI is InChI=1S/C24H27ClN2O7/c1-10-16-14(12-7-13-21(34-9-33-13)19(29)15(12)23(32)26-16)17(20(30)18(10)28)27-22(31)11-3-5-24(2,8-25)6-4-11/h3-5,7,10,14,16-18,20,28-30H,6,8-9H2,1-2H3,(H,26,32)(H,27,31)/t10-,14+,16-,17+,18-,20-,24?/m0/s1. The molecule has 182 valence electrons. The van der Waals surface area contributed by atoms with Crippen molar-refractivity contribution in [2.45, 2.75) is 50.5 Å². The van der Waals surface area contributed by atoms with Crippen LogP contribution in [0.5, 0.6) is 17.2 Å². The van der Waals surface area contributed by atoms with Gasteiger partial charge in [0, 0.05) is 34.7 Å². The van der Waals surface area contributed by atoms with Gasteiger partial charge in [-0.3, -0.25) is 9.59 Å². The van der Waals surface area contributed by atoms with E-state index < -0.39 is 47.9 Å². The van der Waals surface area contributed by atoms with Gasteiger partial charge in [-0.25, -0.2) is 0 Å². The van der Waals surface area contributed by atoms with Gasteiger partial charge in [0.2, 0.25) is 12.5 Å². The van der Waals surface area contributed by atoms with Gasteiger partial charge in [0.15, 0.2) is 11.5 Å². The summed E-state index contributed by atoms with van der Waals surface area (Å²) in [6.45, 7) is 3.62. The summed E-state index contributed by atoms with van der Waals surface area (Å²) in [7, 11) is 0. The summed E-state index contributed by atoms with van der Waals surface area (Å²) in [4.78, 5) is 26.1. The Balaban J connectivity index is 1.53. The SMILES string of the molecule is C[C@@H]1[C@H](O)[C@@H](O)[C@H](NC(=O)C2=CCC(C)(CCl)C=C2)[C@@H]2c3cc4c(c(O)c3C(=O)N[C@@H]12)OCO4. The number of ether oxygens (including phenoxy) is 2. The van der Waals surface area contributed by atoms with Crippen molar-refractivity contribution in [2.75, 3.05) is 12.7 Å². The molecule has 2 heterocycles. The first-order valence-corrected chi connectivity index (χ1v) is 11.8. The molecule has 2 aliphatic heterocycles. The van der Waals surface area contributed by atoms with Crippen LogP contribution in [-0.2, 0) is 4.79 Å². The van der Waals surface area contributed by atoms with E-state index in [1.807, 2.05) is 13.0 Å². The highest BCUT2D eigenvalue weighted by atomic mass is 35.5. The Morgan fingerprint density at radius 3 is 2.76 bits per heavy atom. The smallest absolute Gasteiger partial charge is 0.255 e. The van der Waals surface area contributed by atoms with Gasteiger partial charge >= 0.3 is 0 Å². The molecule has 9 nitrogen and oxygen atoms in total. The molecule has 0 saturated heterocycles. The summed E-state index contributed by atoms with van der Waals surface area (Å²) in [6, 6.07) is 0.0628. The summed E-state index contributed by atoms with van der Waals surface area (Å²) < 4.78 is 10.7. The fourth-order valence-corrected chi connectivity index (χ4v) is 5.52. The second kappa shape index (κ2) is 8.18. The van der Waals surface area contributed by atoms with Crippen LogP contribution in [0.2, 0.25) is 0 Å². The van der Waals surface area contributed by atoms with E-state index in [2.05, 4.69) is 10.6 Å². The third-order valence-electron chi connectivity index (χ3n) is 7.47. The normalized spacial score (nSPS) is 35.7. The van der Waals surface area contributed by atoms with Gasteiger partial charge in [0.05, 0.1) is 17.7 Å². The van der Waals surface area contributed by atoms with E-state index in [9.17, 15) is 24.9 Å². The maximum absolute atomic E-state index is 13.2. The lowest BCUT2D eigenvalue weighted by Gasteiger charge is -2.50. The number of rotatable bonds is 3. The predicted molar refractivity (Wildman–Crippen MR) is 122 cm³/mol. The van der Waals surface area contributed by atoms with E-state index >= 15 is 0 Å². The summed E-state index contributed by atoms with van der Waals surface area (Å²) in [5.74, 6) is -1.66. The molecule has 0 bridgehead atoms. The van der Waals surface area contributed by atoms with E-state index in [1.54, 1.807) is 25.1 Å². The molecule has 2 aliphatic carbocycles. The zero-order chi connectivity index (χ0) is 24.4. The average Bonchev–Trinajstić information content (AvgIpc) is 3.30. The Bertz CT molecular complexity index is 1120. The molecule has 0 aromatic heterocycles. The predicted octanol–water partition coefficient (Wildman–Crippen LogP) is 1.30. The molecule has 10 heteroatoms. The molecule has 1 aromatic carbocycles. The first-order chi connectivity index (χ1) is 16.1. The van der Waals surface area contributed by atoms with Crippen LogP contribution in [0.3, 0.4) is 0 Å². The minimum absolute atomic E-state index is 0.00944. The Morgan fingerprint density at radius 1 is 1.32 bits per heavy atom. The molecular formula is C24H27ClN2O7. The molecule has 2 amide bonds. The monoisotopic (exact) mass is 490 g/mol. The largest absolute Gasteiger partial charge is 0.504 e. The Hall–Kier alpha value is -2.75. The number of halogens is 1. The summed E-state index contributed by atoms with van der Waals surface area (Å²) >= 11 is 6.03. The van der Waals surface area contributed by atoms with E-state index in [1.165, 1.54) is 0 Å². The number of carbonyl (C=O) groups is 2. The molecule has 1 unspecified atom stereocenters. The van der Waals surface area contributed by atoms with Crippen LogP contribution >= 0.6 is 11.6 Å². The minimum Gasteiger partial charge on any atom is -0.504 e. The molecule has 0 spiro atoms. The zero-order valence-electron chi connectivity index (χ0n) is 18.7. The van der Waals surface area contributed by atoms with Crippen LogP contribution in [-0.4, -0.2) is 64.1 Å². The number of phenols is 1. The number of amides is 2. The maximum atomic E-state index is 13.2. The highest BCUT2D eigenvalue weighted by Gasteiger charge is 2.53. The fraction of sp³-hybridized carbons (Fsp3) is 0.500. The molecule has 5 rings (SSSR count). The number of alkyl halides is 1. The number of carbonyl (C=O) groups excluding carboxylic acids is 2. The maximum Gasteiger partial charge on any atom is 0.255 e. The Labute approximate surface area is 201 Å². The zero-order valence-corrected chi connectivity index (χ0v) is 19.5. The third-order valence-corrected chi connectivity index (χ3v) is 8.08. The molecule has 1 saturated carbocycles. The van der Waals surface area contributed by atoms with Crippen LogP contribution in [0.1, 0.15) is 42.1 Å². The van der Waals surface area contributed by atoms with Gasteiger partial charge in [0.1, 0.15) is 6.10 Å². The van der Waals surface area contributed by atoms with Gasteiger partial charge in [-0.1, -0.05) is 32.1 Å². The number of benzene rings is 1. The number of phenolic OH excluding ortho intramolecular Hbond substituents is 1. The van der Waals surface area contributed by atoms with Gasteiger partial charge in [0.25, 0.3) is 11.8 Å². The quantitative estimate of drug-likeness (QED) is 0.403. The molecule has 34 heavy (non-hydrogen) atoms. The molecule has 0 radical (unpaired) electrons. The molecule has 7 atom stereocenters. The molecule has 5 N–H and O–H groups in total. The van der Waals surface area contributed by atoms with Crippen molar-refractivity contribution >= 4 is 23.4 Å². The number of hydrogen-bond acceptors (Lipinski definition) is 7. The first-order valence-electron chi connectivity index (χ1n) is 11.2. The van der Waals surface area contributed by atoms with Gasteiger partial charge in [-0.05, 0) is 18.1 Å². The van der Waals surface area contributed by atoms with Crippen LogP contribution in [0.15, 0.2) is 29.9 Å². The Morgan fingerprint density at radius 2 is 2.09 bits per heavy atom. The average molecular weight is 491 g/mol. The van der Waals surface area contributed by atoms with E-state index in [0.29, 0.717) is 23.4 Å². The van der Waals surface area contributed by atoms with Gasteiger partial charge < -0.3 is 35.4 Å². The highest BCUT2D eigenvalue weighted by Crippen LogP contribution is 2.50. The number of aliphatic hydroxyl groups excluding tert-OH is 2. The molecule has 1 fully saturated rings. The van der Waals surface area contributed by atoms with E-state index in [4.69, 9.17) is 21.1 Å². The molecule has 4 aliphatic rings. The minimum atomic E-state index is -1.31. The molecular weight excluding hydrogens is 464 g/mol.